The third-order valence-corrected chi connectivity index (χ3v) is 5.68. The van der Waals surface area contributed by atoms with Crippen molar-refractivity contribution < 1.29 is 13.6 Å². The number of anilines is 1. The first-order valence-corrected chi connectivity index (χ1v) is 10.0. The van der Waals surface area contributed by atoms with Gasteiger partial charge in [0.05, 0.1) is 11.8 Å². The van der Waals surface area contributed by atoms with E-state index in [2.05, 4.69) is 15.4 Å². The van der Waals surface area contributed by atoms with Gasteiger partial charge in [-0.3, -0.25) is 14.5 Å². The Morgan fingerprint density at radius 1 is 1.38 bits per heavy atom. The molecule has 29 heavy (non-hydrogen) atoms. The maximum absolute atomic E-state index is 14.6. The number of amides is 1. The Morgan fingerprint density at radius 3 is 2.93 bits per heavy atom. The number of hydrogen-bond donors (Lipinski definition) is 2. The molecule has 1 atom stereocenters. The second-order valence-electron chi connectivity index (χ2n) is 6.99. The zero-order valence-electron chi connectivity index (χ0n) is 16.0. The molecule has 4 rings (SSSR count). The van der Waals surface area contributed by atoms with Crippen molar-refractivity contribution >= 4 is 28.5 Å². The Balaban J connectivity index is 1.61. The minimum Gasteiger partial charge on any atom is -0.463 e. The molecule has 0 radical (unpaired) electrons. The Hall–Kier alpha value is -3.07. The summed E-state index contributed by atoms with van der Waals surface area (Å²) in [5.74, 6) is 0.589. The lowest BCUT2D eigenvalue weighted by molar-refractivity contribution is 0.101. The third kappa shape index (κ3) is 3.77. The molecule has 1 aliphatic rings. The lowest BCUT2D eigenvalue weighted by atomic mass is 9.89. The summed E-state index contributed by atoms with van der Waals surface area (Å²) in [5, 5.41) is 7.56. The van der Waals surface area contributed by atoms with E-state index in [0.29, 0.717) is 40.0 Å². The lowest BCUT2D eigenvalue weighted by Gasteiger charge is -2.30. The quantitative estimate of drug-likeness (QED) is 0.679. The van der Waals surface area contributed by atoms with Crippen LogP contribution >= 0.6 is 11.8 Å². The minimum atomic E-state index is -0.765. The zero-order valence-corrected chi connectivity index (χ0v) is 16.8. The van der Waals surface area contributed by atoms with E-state index in [4.69, 9.17) is 10.2 Å². The Kier molecular flexibility index (Phi) is 4.91. The van der Waals surface area contributed by atoms with Gasteiger partial charge in [-0.25, -0.2) is 4.39 Å². The first-order valence-electron chi connectivity index (χ1n) is 9.03. The van der Waals surface area contributed by atoms with Crippen molar-refractivity contribution in [3.05, 3.63) is 59.7 Å². The third-order valence-electron chi connectivity index (χ3n) is 4.89. The van der Waals surface area contributed by atoms with Crippen LogP contribution in [0.25, 0.3) is 11.5 Å². The zero-order chi connectivity index (χ0) is 20.6. The fourth-order valence-corrected chi connectivity index (χ4v) is 4.29. The van der Waals surface area contributed by atoms with E-state index in [9.17, 15) is 9.18 Å². The van der Waals surface area contributed by atoms with E-state index in [0.717, 1.165) is 5.75 Å². The highest BCUT2D eigenvalue weighted by Gasteiger charge is 2.32. The number of nitrogens with one attached hydrogen (secondary N) is 1. The number of aromatic nitrogens is 2. The number of furan rings is 1. The molecule has 3 N–H and O–H groups in total. The normalized spacial score (nSPS) is 19.1. The van der Waals surface area contributed by atoms with Gasteiger partial charge in [0.15, 0.2) is 10.9 Å². The van der Waals surface area contributed by atoms with Crippen LogP contribution in [0.1, 0.15) is 29.4 Å². The summed E-state index contributed by atoms with van der Waals surface area (Å²) in [4.78, 5) is 17.2. The largest absolute Gasteiger partial charge is 0.463 e. The fourth-order valence-electron chi connectivity index (χ4n) is 3.32. The molecule has 3 heterocycles. The molecule has 3 aromatic rings. The summed E-state index contributed by atoms with van der Waals surface area (Å²) in [5.41, 5.74) is 6.87. The second-order valence-corrected chi connectivity index (χ2v) is 8.10. The van der Waals surface area contributed by atoms with Gasteiger partial charge in [0, 0.05) is 30.1 Å². The molecule has 150 valence electrons. The van der Waals surface area contributed by atoms with E-state index < -0.39 is 5.54 Å². The summed E-state index contributed by atoms with van der Waals surface area (Å²) >= 11 is 1.45. The SMILES string of the molecule is Cn1nc(-c2ccco2)cc1C(=O)Nc1ccc(F)c(C2(C)CCSC(N)=N2)c1. The Morgan fingerprint density at radius 2 is 2.21 bits per heavy atom. The number of aryl methyl sites for hydroxylation is 1. The number of thioether (sulfide) groups is 1. The molecule has 2 aromatic heterocycles. The number of nitrogens with zero attached hydrogens (tertiary/aromatic N) is 3. The van der Waals surface area contributed by atoms with Crippen molar-refractivity contribution in [3.8, 4) is 11.5 Å². The molecule has 7 nitrogen and oxygen atoms in total. The van der Waals surface area contributed by atoms with E-state index in [1.807, 2.05) is 6.92 Å². The molecule has 1 unspecified atom stereocenters. The van der Waals surface area contributed by atoms with Gasteiger partial charge in [-0.05, 0) is 43.7 Å². The molecule has 1 amide bonds. The molecule has 1 aromatic carbocycles. The summed E-state index contributed by atoms with van der Waals surface area (Å²) < 4.78 is 21.4. The molecule has 0 saturated heterocycles. The van der Waals surface area contributed by atoms with Crippen LogP contribution in [-0.4, -0.2) is 26.6 Å². The summed E-state index contributed by atoms with van der Waals surface area (Å²) in [7, 11) is 1.68. The molecule has 0 saturated carbocycles. The van der Waals surface area contributed by atoms with Gasteiger partial charge in [-0.2, -0.15) is 5.10 Å². The Labute approximate surface area is 171 Å². The number of carbonyl (C=O) groups excluding carboxylic acids is 1. The van der Waals surface area contributed by atoms with Gasteiger partial charge >= 0.3 is 0 Å². The van der Waals surface area contributed by atoms with Crippen molar-refractivity contribution in [3.63, 3.8) is 0 Å². The molecule has 0 bridgehead atoms. The van der Waals surface area contributed by atoms with Gasteiger partial charge in [-0.1, -0.05) is 11.8 Å². The first-order chi connectivity index (χ1) is 13.9. The number of halogens is 1. The smallest absolute Gasteiger partial charge is 0.273 e. The highest BCUT2D eigenvalue weighted by Crippen LogP contribution is 2.37. The minimum absolute atomic E-state index is 0.352. The molecule has 0 aliphatic carbocycles. The van der Waals surface area contributed by atoms with Crippen LogP contribution in [0, 0.1) is 5.82 Å². The van der Waals surface area contributed by atoms with E-state index in [1.165, 1.54) is 28.6 Å². The van der Waals surface area contributed by atoms with Crippen LogP contribution in [-0.2, 0) is 12.6 Å². The average Bonchev–Trinajstić information content (AvgIpc) is 3.32. The standard InChI is InChI=1S/C20H20FN5O2S/c1-20(7-9-29-19(22)24-20)13-10-12(5-6-14(13)21)23-18(27)16-11-15(25-26(16)2)17-4-3-8-28-17/h3-6,8,10-11H,7,9H2,1-2H3,(H2,22,24)(H,23,27). The van der Waals surface area contributed by atoms with Crippen molar-refractivity contribution in [1.82, 2.24) is 9.78 Å². The Bertz CT molecular complexity index is 1090. The average molecular weight is 413 g/mol. The van der Waals surface area contributed by atoms with Crippen molar-refractivity contribution in [2.24, 2.45) is 17.8 Å². The van der Waals surface area contributed by atoms with Crippen molar-refractivity contribution in [1.29, 1.82) is 0 Å². The first kappa shape index (κ1) is 19.3. The maximum atomic E-state index is 14.6. The van der Waals surface area contributed by atoms with Crippen LogP contribution in [0.3, 0.4) is 0 Å². The lowest BCUT2D eigenvalue weighted by Crippen LogP contribution is -2.30. The van der Waals surface area contributed by atoms with Crippen LogP contribution in [0.5, 0.6) is 0 Å². The number of aliphatic imine (C=N–C) groups is 1. The monoisotopic (exact) mass is 413 g/mol. The van der Waals surface area contributed by atoms with E-state index >= 15 is 0 Å². The van der Waals surface area contributed by atoms with E-state index in [1.54, 1.807) is 37.6 Å². The van der Waals surface area contributed by atoms with Gasteiger partial charge in [0.2, 0.25) is 0 Å². The van der Waals surface area contributed by atoms with Crippen molar-refractivity contribution in [2.75, 3.05) is 11.1 Å². The number of hydrogen-bond acceptors (Lipinski definition) is 6. The molecule has 1 aliphatic heterocycles. The summed E-state index contributed by atoms with van der Waals surface area (Å²) in [6, 6.07) is 9.64. The number of carbonyl (C=O) groups is 1. The number of benzene rings is 1. The van der Waals surface area contributed by atoms with Gasteiger partial charge in [0.25, 0.3) is 5.91 Å². The molecular formula is C20H20FN5O2S. The highest BCUT2D eigenvalue weighted by molar-refractivity contribution is 8.13. The predicted octanol–water partition coefficient (Wildman–Crippen LogP) is 3.74. The van der Waals surface area contributed by atoms with Crippen LogP contribution in [0.4, 0.5) is 10.1 Å². The van der Waals surface area contributed by atoms with Crippen LogP contribution < -0.4 is 11.1 Å². The predicted molar refractivity (Wildman–Crippen MR) is 111 cm³/mol. The summed E-state index contributed by atoms with van der Waals surface area (Å²) in [6.45, 7) is 1.85. The summed E-state index contributed by atoms with van der Waals surface area (Å²) in [6.07, 6.45) is 2.20. The van der Waals surface area contributed by atoms with Gasteiger partial charge < -0.3 is 15.5 Å². The second kappa shape index (κ2) is 7.40. The van der Waals surface area contributed by atoms with Crippen molar-refractivity contribution in [2.45, 2.75) is 18.9 Å². The topological polar surface area (TPSA) is 98.4 Å². The number of rotatable bonds is 4. The van der Waals surface area contributed by atoms with Crippen LogP contribution in [0.15, 0.2) is 52.1 Å². The molecule has 9 heteroatoms. The van der Waals surface area contributed by atoms with Gasteiger partial charge in [0.1, 0.15) is 17.2 Å². The fraction of sp³-hybridized carbons (Fsp3) is 0.250. The van der Waals surface area contributed by atoms with Crippen LogP contribution in [0.2, 0.25) is 0 Å². The van der Waals surface area contributed by atoms with E-state index in [-0.39, 0.29) is 11.7 Å². The molecule has 0 fully saturated rings. The maximum Gasteiger partial charge on any atom is 0.273 e. The molecule has 0 spiro atoms. The highest BCUT2D eigenvalue weighted by atomic mass is 32.2. The van der Waals surface area contributed by atoms with Gasteiger partial charge in [-0.15, -0.1) is 0 Å². The number of amidine groups is 1. The number of nitrogens with two attached hydrogens (primary N) is 1. The molecular weight excluding hydrogens is 393 g/mol.